The molecule has 0 unspecified atom stereocenters. The molecule has 0 spiro atoms. The predicted molar refractivity (Wildman–Crippen MR) is 120 cm³/mol. The number of H-pyrrole nitrogens is 1. The van der Waals surface area contributed by atoms with E-state index in [1.807, 2.05) is 25.1 Å². The molecule has 4 aromatic rings. The van der Waals surface area contributed by atoms with Gasteiger partial charge in [-0.15, -0.1) is 12.4 Å². The van der Waals surface area contributed by atoms with Crippen molar-refractivity contribution in [2.24, 2.45) is 0 Å². The van der Waals surface area contributed by atoms with Crippen LogP contribution in [0, 0.1) is 10.1 Å². The average molecular weight is 466 g/mol. The summed E-state index contributed by atoms with van der Waals surface area (Å²) in [6, 6.07) is 9.99. The van der Waals surface area contributed by atoms with Gasteiger partial charge in [0.15, 0.2) is 10.3 Å². The molecular formula is C18H16ClN5O4S2. The first-order chi connectivity index (χ1) is 14.0. The summed E-state index contributed by atoms with van der Waals surface area (Å²) in [5, 5.41) is 14.7. The molecule has 2 heterocycles. The first kappa shape index (κ1) is 21.8. The molecule has 4 rings (SSSR count). The number of nitro benzene ring substituents is 1. The van der Waals surface area contributed by atoms with Gasteiger partial charge in [0.05, 0.1) is 38.5 Å². The Morgan fingerprint density at radius 2 is 2.07 bits per heavy atom. The second-order valence-electron chi connectivity index (χ2n) is 5.92. The van der Waals surface area contributed by atoms with Gasteiger partial charge in [0.25, 0.3) is 5.69 Å². The fraction of sp³-hybridized carbons (Fsp3) is 0.167. The third-order valence-corrected chi connectivity index (χ3v) is 5.72. The summed E-state index contributed by atoms with van der Waals surface area (Å²) in [5.41, 5.74) is 1.94. The van der Waals surface area contributed by atoms with Gasteiger partial charge in [0.2, 0.25) is 5.91 Å². The van der Waals surface area contributed by atoms with E-state index < -0.39 is 4.92 Å². The number of aromatic nitrogens is 3. The molecule has 2 N–H and O–H groups in total. The lowest BCUT2D eigenvalue weighted by Gasteiger charge is -2.00. The van der Waals surface area contributed by atoms with Crippen molar-refractivity contribution in [1.82, 2.24) is 15.0 Å². The number of anilines is 1. The number of nitrogens with one attached hydrogen (secondary N) is 2. The maximum Gasteiger partial charge on any atom is 0.271 e. The summed E-state index contributed by atoms with van der Waals surface area (Å²) in [6.07, 6.45) is 0. The van der Waals surface area contributed by atoms with Crippen LogP contribution in [0.5, 0.6) is 5.75 Å². The molecule has 1 amide bonds. The molecule has 2 aromatic heterocycles. The first-order valence-electron chi connectivity index (χ1n) is 8.62. The molecular weight excluding hydrogens is 450 g/mol. The Labute approximate surface area is 184 Å². The van der Waals surface area contributed by atoms with Gasteiger partial charge >= 0.3 is 0 Å². The van der Waals surface area contributed by atoms with Gasteiger partial charge in [-0.3, -0.25) is 14.9 Å². The Hall–Kier alpha value is -2.89. The van der Waals surface area contributed by atoms with E-state index in [0.29, 0.717) is 27.9 Å². The predicted octanol–water partition coefficient (Wildman–Crippen LogP) is 4.63. The molecule has 0 aliphatic heterocycles. The van der Waals surface area contributed by atoms with Gasteiger partial charge in [-0.1, -0.05) is 23.1 Å². The topological polar surface area (TPSA) is 123 Å². The molecule has 0 saturated carbocycles. The Morgan fingerprint density at radius 3 is 2.83 bits per heavy atom. The van der Waals surface area contributed by atoms with E-state index in [4.69, 9.17) is 4.74 Å². The van der Waals surface area contributed by atoms with Crippen LogP contribution in [0.4, 0.5) is 10.8 Å². The zero-order valence-corrected chi connectivity index (χ0v) is 18.0. The molecule has 2 aromatic carbocycles. The molecule has 0 bridgehead atoms. The van der Waals surface area contributed by atoms with E-state index in [-0.39, 0.29) is 29.8 Å². The van der Waals surface area contributed by atoms with Crippen LogP contribution in [-0.2, 0) is 4.79 Å². The summed E-state index contributed by atoms with van der Waals surface area (Å²) in [7, 11) is 0. The van der Waals surface area contributed by atoms with Gasteiger partial charge in [-0.25, -0.2) is 9.97 Å². The van der Waals surface area contributed by atoms with Crippen molar-refractivity contribution in [3.05, 3.63) is 46.5 Å². The van der Waals surface area contributed by atoms with Crippen molar-refractivity contribution >= 4 is 73.5 Å². The molecule has 0 saturated heterocycles. The Kier molecular flexibility index (Phi) is 6.75. The maximum absolute atomic E-state index is 12.3. The molecule has 0 fully saturated rings. The third-order valence-electron chi connectivity index (χ3n) is 3.91. The number of aromatic amines is 1. The number of halogens is 1. The Balaban J connectivity index is 0.00000256. The molecule has 156 valence electrons. The number of amides is 1. The third kappa shape index (κ3) is 4.81. The number of hydrogen-bond donors (Lipinski definition) is 2. The zero-order chi connectivity index (χ0) is 20.4. The lowest BCUT2D eigenvalue weighted by molar-refractivity contribution is -0.384. The number of thiazole rings is 1. The van der Waals surface area contributed by atoms with Crippen molar-refractivity contribution in [3.8, 4) is 5.75 Å². The van der Waals surface area contributed by atoms with E-state index >= 15 is 0 Å². The number of carbonyl (C=O) groups is 1. The molecule has 30 heavy (non-hydrogen) atoms. The Morgan fingerprint density at radius 1 is 1.27 bits per heavy atom. The minimum atomic E-state index is -0.462. The lowest BCUT2D eigenvalue weighted by Crippen LogP contribution is -2.13. The highest BCUT2D eigenvalue weighted by Gasteiger charge is 2.13. The number of nitro groups is 1. The highest BCUT2D eigenvalue weighted by Crippen LogP contribution is 2.29. The highest BCUT2D eigenvalue weighted by molar-refractivity contribution is 7.99. The van der Waals surface area contributed by atoms with E-state index in [2.05, 4.69) is 20.3 Å². The Bertz CT molecular complexity index is 1230. The van der Waals surface area contributed by atoms with Crippen molar-refractivity contribution < 1.29 is 14.5 Å². The van der Waals surface area contributed by atoms with Crippen LogP contribution in [-0.4, -0.2) is 38.1 Å². The van der Waals surface area contributed by atoms with Crippen molar-refractivity contribution in [1.29, 1.82) is 0 Å². The first-order valence-corrected chi connectivity index (χ1v) is 10.4. The number of imidazole rings is 1. The van der Waals surface area contributed by atoms with Crippen molar-refractivity contribution in [3.63, 3.8) is 0 Å². The summed E-state index contributed by atoms with van der Waals surface area (Å²) in [5.74, 6) is 0.676. The molecule has 9 nitrogen and oxygen atoms in total. The van der Waals surface area contributed by atoms with Gasteiger partial charge in [0.1, 0.15) is 5.75 Å². The zero-order valence-electron chi connectivity index (χ0n) is 15.6. The smallest absolute Gasteiger partial charge is 0.271 e. The summed E-state index contributed by atoms with van der Waals surface area (Å²) in [4.78, 5) is 34.4. The van der Waals surface area contributed by atoms with E-state index in [9.17, 15) is 14.9 Å². The quantitative estimate of drug-likeness (QED) is 0.231. The number of non-ortho nitro benzene ring substituents is 1. The van der Waals surface area contributed by atoms with Crippen LogP contribution >= 0.6 is 35.5 Å². The number of thioether (sulfide) groups is 1. The number of rotatable bonds is 7. The minimum absolute atomic E-state index is 0. The average Bonchev–Trinajstić information content (AvgIpc) is 3.28. The fourth-order valence-corrected chi connectivity index (χ4v) is 4.26. The SMILES string of the molecule is CCOc1ccc2nc(NC(=O)CSc3nc4ccc([N+](=O)[O-])cc4[nH]3)sc2c1.Cl. The number of benzene rings is 2. The van der Waals surface area contributed by atoms with E-state index in [1.54, 1.807) is 6.07 Å². The maximum atomic E-state index is 12.3. The molecule has 0 atom stereocenters. The number of fused-ring (bicyclic) bond motifs is 2. The van der Waals surface area contributed by atoms with Gasteiger partial charge < -0.3 is 15.0 Å². The largest absolute Gasteiger partial charge is 0.494 e. The van der Waals surface area contributed by atoms with E-state index in [0.717, 1.165) is 16.0 Å². The van der Waals surface area contributed by atoms with Crippen LogP contribution < -0.4 is 10.1 Å². The van der Waals surface area contributed by atoms with Crippen LogP contribution in [0.2, 0.25) is 0 Å². The number of nitrogens with zero attached hydrogens (tertiary/aromatic N) is 3. The summed E-state index contributed by atoms with van der Waals surface area (Å²) in [6.45, 7) is 2.50. The summed E-state index contributed by atoms with van der Waals surface area (Å²) < 4.78 is 6.41. The van der Waals surface area contributed by atoms with Crippen LogP contribution in [0.15, 0.2) is 41.6 Å². The van der Waals surface area contributed by atoms with Gasteiger partial charge in [-0.2, -0.15) is 0 Å². The van der Waals surface area contributed by atoms with Gasteiger partial charge in [0, 0.05) is 12.1 Å². The second-order valence-corrected chi connectivity index (χ2v) is 7.91. The fourth-order valence-electron chi connectivity index (χ4n) is 2.66. The standard InChI is InChI=1S/C18H15N5O4S2.ClH/c1-2-27-11-4-6-13-15(8-11)29-18(20-13)22-16(24)9-28-17-19-12-5-3-10(23(25)26)7-14(12)21-17;/h3-8H,2,9H2,1H3,(H,19,21)(H,20,22,24);1H. The van der Waals surface area contributed by atoms with Crippen LogP contribution in [0.25, 0.3) is 21.3 Å². The van der Waals surface area contributed by atoms with Crippen LogP contribution in [0.1, 0.15) is 6.92 Å². The number of hydrogen-bond acceptors (Lipinski definition) is 8. The van der Waals surface area contributed by atoms with Crippen molar-refractivity contribution in [2.45, 2.75) is 12.1 Å². The number of carbonyl (C=O) groups excluding carboxylic acids is 1. The van der Waals surface area contributed by atoms with Crippen LogP contribution in [0.3, 0.4) is 0 Å². The summed E-state index contributed by atoms with van der Waals surface area (Å²) >= 11 is 2.59. The monoisotopic (exact) mass is 465 g/mol. The van der Waals surface area contributed by atoms with Gasteiger partial charge in [-0.05, 0) is 31.2 Å². The number of ether oxygens (including phenoxy) is 1. The molecule has 0 aliphatic rings. The van der Waals surface area contributed by atoms with E-state index in [1.165, 1.54) is 35.2 Å². The highest BCUT2D eigenvalue weighted by atomic mass is 35.5. The van der Waals surface area contributed by atoms with Crippen molar-refractivity contribution in [2.75, 3.05) is 17.7 Å². The normalized spacial score (nSPS) is 10.7. The minimum Gasteiger partial charge on any atom is -0.494 e. The second kappa shape index (κ2) is 9.28. The molecule has 12 heteroatoms. The lowest BCUT2D eigenvalue weighted by atomic mass is 10.3. The molecule has 0 radical (unpaired) electrons. The molecule has 0 aliphatic carbocycles.